The molecule has 0 aromatic carbocycles. The first-order valence-electron chi connectivity index (χ1n) is 6.37. The summed E-state index contributed by atoms with van der Waals surface area (Å²) in [6.45, 7) is 6.65. The van der Waals surface area contributed by atoms with E-state index in [1.165, 1.54) is 0 Å². The number of carboxylic acid groups (broad SMARTS) is 2. The van der Waals surface area contributed by atoms with Crippen molar-refractivity contribution in [3.63, 3.8) is 0 Å². The van der Waals surface area contributed by atoms with E-state index in [-0.39, 0.29) is 24.4 Å². The van der Waals surface area contributed by atoms with Crippen LogP contribution in [0.15, 0.2) is 24.3 Å². The van der Waals surface area contributed by atoms with E-state index in [0.717, 1.165) is 0 Å². The number of carbonyl (C=O) groups excluding carboxylic acids is 2. The highest BCUT2D eigenvalue weighted by molar-refractivity contribution is 5.93. The molecule has 122 valence electrons. The summed E-state index contributed by atoms with van der Waals surface area (Å²) in [7, 11) is 0. The highest BCUT2D eigenvalue weighted by Crippen LogP contribution is 2.04. The lowest BCUT2D eigenvalue weighted by atomic mass is 10.2. The molecule has 0 saturated carbocycles. The zero-order chi connectivity index (χ0) is 17.1. The van der Waals surface area contributed by atoms with Crippen molar-refractivity contribution in [1.29, 1.82) is 0 Å². The van der Waals surface area contributed by atoms with E-state index in [1.807, 2.05) is 0 Å². The Balaban J connectivity index is 3.74. The van der Waals surface area contributed by atoms with Crippen molar-refractivity contribution < 1.29 is 38.9 Å². The van der Waals surface area contributed by atoms with E-state index in [1.54, 1.807) is 0 Å². The van der Waals surface area contributed by atoms with Crippen LogP contribution in [0.2, 0.25) is 0 Å². The average Bonchev–Trinajstić information content (AvgIpc) is 2.40. The van der Waals surface area contributed by atoms with Gasteiger partial charge in [0.2, 0.25) is 0 Å². The minimum atomic E-state index is -1.17. The largest absolute Gasteiger partial charge is 0.481 e. The summed E-state index contributed by atoms with van der Waals surface area (Å²) >= 11 is 0. The predicted octanol–water partition coefficient (Wildman–Crippen LogP) is 0.915. The Morgan fingerprint density at radius 1 is 0.727 bits per heavy atom. The van der Waals surface area contributed by atoms with Gasteiger partial charge in [-0.25, -0.2) is 9.59 Å². The normalized spacial score (nSPS) is 9.64. The van der Waals surface area contributed by atoms with E-state index < -0.39 is 36.7 Å². The maximum Gasteiger partial charge on any atom is 0.333 e. The quantitative estimate of drug-likeness (QED) is 0.327. The minimum absolute atomic E-state index is 0.0328. The number of unbranched alkanes of at least 4 members (excludes halogenated alkanes) is 1. The summed E-state index contributed by atoms with van der Waals surface area (Å²) in [4.78, 5) is 43.3. The van der Waals surface area contributed by atoms with Gasteiger partial charge in [0.1, 0.15) is 0 Å². The number of ether oxygens (including phenoxy) is 2. The Morgan fingerprint density at radius 3 is 1.32 bits per heavy atom. The molecular weight excluding hydrogens is 296 g/mol. The van der Waals surface area contributed by atoms with Crippen LogP contribution in [0.1, 0.15) is 25.7 Å². The molecule has 0 saturated heterocycles. The van der Waals surface area contributed by atoms with Crippen molar-refractivity contribution in [3.8, 4) is 0 Å². The van der Waals surface area contributed by atoms with Crippen molar-refractivity contribution in [1.82, 2.24) is 0 Å². The molecule has 0 aromatic heterocycles. The van der Waals surface area contributed by atoms with E-state index >= 15 is 0 Å². The predicted molar refractivity (Wildman–Crippen MR) is 73.9 cm³/mol. The summed E-state index contributed by atoms with van der Waals surface area (Å²) in [5, 5.41) is 16.9. The summed E-state index contributed by atoms with van der Waals surface area (Å²) in [6.07, 6.45) is -0.181. The number of hydrogen-bond acceptors (Lipinski definition) is 6. The molecule has 0 spiro atoms. The lowest BCUT2D eigenvalue weighted by molar-refractivity contribution is -0.144. The molecule has 0 rings (SSSR count). The molecule has 0 aliphatic carbocycles. The van der Waals surface area contributed by atoms with Crippen molar-refractivity contribution in [2.24, 2.45) is 0 Å². The van der Waals surface area contributed by atoms with Crippen LogP contribution in [-0.4, -0.2) is 47.3 Å². The number of carboxylic acids is 2. The van der Waals surface area contributed by atoms with E-state index in [2.05, 4.69) is 13.2 Å². The standard InChI is InChI=1S/C14H18O8/c1-9(7-11(15)16)13(19)21-5-3-4-6-22-14(20)10(2)8-12(17)18/h1-8H2,(H,15,16)(H,17,18). The molecule has 8 nitrogen and oxygen atoms in total. The van der Waals surface area contributed by atoms with Gasteiger partial charge in [0.15, 0.2) is 0 Å². The molecule has 0 aromatic rings. The number of aliphatic carboxylic acids is 2. The Morgan fingerprint density at radius 2 is 1.05 bits per heavy atom. The second kappa shape index (κ2) is 10.1. The number of esters is 2. The van der Waals surface area contributed by atoms with E-state index in [4.69, 9.17) is 19.7 Å². The van der Waals surface area contributed by atoms with Crippen molar-refractivity contribution >= 4 is 23.9 Å². The number of carbonyl (C=O) groups is 4. The molecule has 0 radical (unpaired) electrons. The Hall–Kier alpha value is -2.64. The van der Waals surface area contributed by atoms with Crippen LogP contribution in [0.3, 0.4) is 0 Å². The highest BCUT2D eigenvalue weighted by Gasteiger charge is 2.13. The molecule has 0 amide bonds. The fraction of sp³-hybridized carbons (Fsp3) is 0.429. The zero-order valence-electron chi connectivity index (χ0n) is 12.0. The molecule has 0 atom stereocenters. The first-order valence-corrected chi connectivity index (χ1v) is 6.37. The smallest absolute Gasteiger partial charge is 0.333 e. The summed E-state index contributed by atoms with van der Waals surface area (Å²) < 4.78 is 9.55. The van der Waals surface area contributed by atoms with Gasteiger partial charge in [0, 0.05) is 11.1 Å². The van der Waals surface area contributed by atoms with Crippen LogP contribution in [0, 0.1) is 0 Å². The third kappa shape index (κ3) is 9.29. The highest BCUT2D eigenvalue weighted by atomic mass is 16.5. The van der Waals surface area contributed by atoms with Crippen LogP contribution in [0.25, 0.3) is 0 Å². The molecule has 2 N–H and O–H groups in total. The lowest BCUT2D eigenvalue weighted by Crippen LogP contribution is -2.13. The lowest BCUT2D eigenvalue weighted by Gasteiger charge is -2.07. The van der Waals surface area contributed by atoms with Gasteiger partial charge in [-0.1, -0.05) is 13.2 Å². The van der Waals surface area contributed by atoms with Gasteiger partial charge in [-0.05, 0) is 12.8 Å². The van der Waals surface area contributed by atoms with Crippen molar-refractivity contribution in [2.45, 2.75) is 25.7 Å². The van der Waals surface area contributed by atoms with Gasteiger partial charge in [-0.3, -0.25) is 9.59 Å². The van der Waals surface area contributed by atoms with Crippen LogP contribution >= 0.6 is 0 Å². The Bertz CT molecular complexity index is 433. The van der Waals surface area contributed by atoms with Crippen molar-refractivity contribution in [2.75, 3.05) is 13.2 Å². The van der Waals surface area contributed by atoms with Crippen LogP contribution in [0.4, 0.5) is 0 Å². The summed E-state index contributed by atoms with van der Waals surface area (Å²) in [6, 6.07) is 0. The van der Waals surface area contributed by atoms with Crippen LogP contribution in [-0.2, 0) is 28.7 Å². The SMILES string of the molecule is C=C(CC(=O)O)C(=O)OCCCCOC(=O)C(=C)CC(=O)O. The van der Waals surface area contributed by atoms with Gasteiger partial charge in [0.25, 0.3) is 0 Å². The molecule has 0 unspecified atom stereocenters. The second-order valence-electron chi connectivity index (χ2n) is 4.33. The molecular formula is C14H18O8. The van der Waals surface area contributed by atoms with E-state index in [9.17, 15) is 19.2 Å². The zero-order valence-corrected chi connectivity index (χ0v) is 12.0. The molecule has 0 fully saturated rings. The average molecular weight is 314 g/mol. The van der Waals surface area contributed by atoms with Gasteiger partial charge >= 0.3 is 23.9 Å². The number of rotatable bonds is 11. The molecule has 22 heavy (non-hydrogen) atoms. The first kappa shape index (κ1) is 19.4. The molecule has 0 aliphatic heterocycles. The molecule has 0 aliphatic rings. The third-order valence-corrected chi connectivity index (χ3v) is 2.31. The maximum absolute atomic E-state index is 11.3. The second-order valence-corrected chi connectivity index (χ2v) is 4.33. The van der Waals surface area contributed by atoms with Gasteiger partial charge in [0.05, 0.1) is 26.1 Å². The topological polar surface area (TPSA) is 127 Å². The van der Waals surface area contributed by atoms with Gasteiger partial charge in [-0.15, -0.1) is 0 Å². The van der Waals surface area contributed by atoms with Crippen LogP contribution < -0.4 is 0 Å². The maximum atomic E-state index is 11.3. The molecule has 0 heterocycles. The van der Waals surface area contributed by atoms with Crippen LogP contribution in [0.5, 0.6) is 0 Å². The minimum Gasteiger partial charge on any atom is -0.481 e. The number of hydrogen-bond donors (Lipinski definition) is 2. The first-order chi connectivity index (χ1) is 10.2. The van der Waals surface area contributed by atoms with Crippen molar-refractivity contribution in [3.05, 3.63) is 24.3 Å². The Labute approximate surface area is 127 Å². The van der Waals surface area contributed by atoms with Gasteiger partial charge in [-0.2, -0.15) is 0 Å². The summed E-state index contributed by atoms with van der Waals surface area (Å²) in [5.41, 5.74) is -0.298. The fourth-order valence-corrected chi connectivity index (χ4v) is 1.25. The molecule has 0 bridgehead atoms. The monoisotopic (exact) mass is 314 g/mol. The van der Waals surface area contributed by atoms with E-state index in [0.29, 0.717) is 12.8 Å². The fourth-order valence-electron chi connectivity index (χ4n) is 1.25. The summed E-state index contributed by atoms with van der Waals surface area (Å²) in [5.74, 6) is -3.91. The Kier molecular flexibility index (Phi) is 8.92. The molecule has 8 heteroatoms. The third-order valence-electron chi connectivity index (χ3n) is 2.31. The van der Waals surface area contributed by atoms with Gasteiger partial charge < -0.3 is 19.7 Å².